The van der Waals surface area contributed by atoms with Gasteiger partial charge in [-0.1, -0.05) is 5.46 Å². The lowest BCUT2D eigenvalue weighted by molar-refractivity contribution is 0.473. The Hall–Kier alpha value is -2.24. The van der Waals surface area contributed by atoms with Crippen LogP contribution in [0.1, 0.15) is 0 Å². The Morgan fingerprint density at radius 3 is 2.88 bits per heavy atom. The first-order valence-electron chi connectivity index (χ1n) is 4.94. The largest absolute Gasteiger partial charge is 0.506 e. The Labute approximate surface area is 99.2 Å². The standard InChI is InChI=1S/C11H10BN3O2/c1-15-6-7(12)4-9(11(15)17)14-10-3-2-8(16)5-13-10/h2-6,16H,1H3,(H,13,14). The van der Waals surface area contributed by atoms with Crippen LogP contribution in [0, 0.1) is 0 Å². The molecule has 2 radical (unpaired) electrons. The molecule has 5 nitrogen and oxygen atoms in total. The SMILES string of the molecule is [B]c1cc(Nc2ccc(O)cn2)c(=O)n(C)c1. The van der Waals surface area contributed by atoms with Gasteiger partial charge >= 0.3 is 0 Å². The van der Waals surface area contributed by atoms with Crippen molar-refractivity contribution in [2.75, 3.05) is 5.32 Å². The summed E-state index contributed by atoms with van der Waals surface area (Å²) in [5, 5.41) is 11.9. The highest BCUT2D eigenvalue weighted by Crippen LogP contribution is 2.12. The predicted octanol–water partition coefficient (Wildman–Crippen LogP) is 0.0233. The maximum absolute atomic E-state index is 11.8. The minimum Gasteiger partial charge on any atom is -0.506 e. The Morgan fingerprint density at radius 1 is 1.47 bits per heavy atom. The fraction of sp³-hybridized carbons (Fsp3) is 0.0909. The quantitative estimate of drug-likeness (QED) is 0.710. The fourth-order valence-corrected chi connectivity index (χ4v) is 1.43. The molecule has 2 rings (SSSR count). The van der Waals surface area contributed by atoms with Crippen molar-refractivity contribution in [3.63, 3.8) is 0 Å². The molecule has 2 N–H and O–H groups in total. The number of pyridine rings is 2. The molecule has 0 spiro atoms. The molecule has 0 bridgehead atoms. The van der Waals surface area contributed by atoms with E-state index in [1.165, 1.54) is 29.1 Å². The van der Waals surface area contributed by atoms with Crippen molar-refractivity contribution >= 4 is 24.8 Å². The Morgan fingerprint density at radius 2 is 2.24 bits per heavy atom. The molecule has 0 fully saturated rings. The van der Waals surface area contributed by atoms with Crippen molar-refractivity contribution in [1.82, 2.24) is 9.55 Å². The first-order chi connectivity index (χ1) is 8.06. The average molecular weight is 227 g/mol. The molecule has 0 atom stereocenters. The summed E-state index contributed by atoms with van der Waals surface area (Å²) < 4.78 is 1.39. The van der Waals surface area contributed by atoms with Crippen LogP contribution in [0.25, 0.3) is 0 Å². The highest BCUT2D eigenvalue weighted by molar-refractivity contribution is 6.32. The molecule has 2 aromatic rings. The lowest BCUT2D eigenvalue weighted by Crippen LogP contribution is -2.24. The second kappa shape index (κ2) is 4.33. The number of hydrogen-bond acceptors (Lipinski definition) is 4. The summed E-state index contributed by atoms with van der Waals surface area (Å²) >= 11 is 0. The molecule has 0 aromatic carbocycles. The van der Waals surface area contributed by atoms with Crippen molar-refractivity contribution in [2.24, 2.45) is 7.05 Å². The Kier molecular flexibility index (Phi) is 2.87. The number of rotatable bonds is 2. The van der Waals surface area contributed by atoms with Crippen LogP contribution in [0.4, 0.5) is 11.5 Å². The van der Waals surface area contributed by atoms with Gasteiger partial charge in [-0.2, -0.15) is 0 Å². The maximum atomic E-state index is 11.8. The van der Waals surface area contributed by atoms with Crippen LogP contribution in [-0.2, 0) is 7.05 Å². The summed E-state index contributed by atoms with van der Waals surface area (Å²) in [5.74, 6) is 0.529. The van der Waals surface area contributed by atoms with Crippen LogP contribution < -0.4 is 16.3 Å². The van der Waals surface area contributed by atoms with Crippen molar-refractivity contribution in [3.05, 3.63) is 40.9 Å². The number of aromatic nitrogens is 2. The van der Waals surface area contributed by atoms with E-state index in [0.717, 1.165) is 0 Å². The molecule has 0 saturated carbocycles. The molecule has 0 saturated heterocycles. The lowest BCUT2D eigenvalue weighted by atomic mass is 9.98. The fourth-order valence-electron chi connectivity index (χ4n) is 1.43. The minimum atomic E-state index is -0.200. The van der Waals surface area contributed by atoms with E-state index in [9.17, 15) is 4.79 Å². The van der Waals surface area contributed by atoms with E-state index in [1.807, 2.05) is 0 Å². The van der Waals surface area contributed by atoms with Crippen LogP contribution in [0.15, 0.2) is 35.4 Å². The monoisotopic (exact) mass is 227 g/mol. The molecule has 0 aliphatic carbocycles. The summed E-state index contributed by atoms with van der Waals surface area (Å²) in [6.45, 7) is 0. The first-order valence-corrected chi connectivity index (χ1v) is 4.94. The van der Waals surface area contributed by atoms with Crippen LogP contribution in [-0.4, -0.2) is 22.5 Å². The minimum absolute atomic E-state index is 0.0658. The van der Waals surface area contributed by atoms with Gasteiger partial charge in [-0.25, -0.2) is 4.98 Å². The van der Waals surface area contributed by atoms with Gasteiger partial charge in [0.05, 0.1) is 6.20 Å². The van der Waals surface area contributed by atoms with Crippen molar-refractivity contribution < 1.29 is 5.11 Å². The van der Waals surface area contributed by atoms with Crippen LogP contribution in [0.3, 0.4) is 0 Å². The Bertz CT molecular complexity index is 593. The van der Waals surface area contributed by atoms with Gasteiger partial charge in [-0.3, -0.25) is 4.79 Å². The zero-order valence-corrected chi connectivity index (χ0v) is 9.21. The van der Waals surface area contributed by atoms with Gasteiger partial charge in [-0.15, -0.1) is 0 Å². The highest BCUT2D eigenvalue weighted by Gasteiger charge is 2.03. The second-order valence-electron chi connectivity index (χ2n) is 3.63. The summed E-state index contributed by atoms with van der Waals surface area (Å²) in [4.78, 5) is 15.7. The number of nitrogens with one attached hydrogen (secondary N) is 1. The third kappa shape index (κ3) is 2.47. The number of aromatic hydroxyl groups is 1. The smallest absolute Gasteiger partial charge is 0.273 e. The van der Waals surface area contributed by atoms with E-state index < -0.39 is 0 Å². The van der Waals surface area contributed by atoms with E-state index in [2.05, 4.69) is 10.3 Å². The zero-order valence-electron chi connectivity index (χ0n) is 9.21. The number of aryl methyl sites for hydroxylation is 1. The van der Waals surface area contributed by atoms with Gasteiger partial charge in [0, 0.05) is 7.05 Å². The molecule has 17 heavy (non-hydrogen) atoms. The molecule has 2 aromatic heterocycles. The van der Waals surface area contributed by atoms with Crippen molar-refractivity contribution in [3.8, 4) is 5.75 Å². The van der Waals surface area contributed by atoms with Gasteiger partial charge in [0.25, 0.3) is 5.56 Å². The highest BCUT2D eigenvalue weighted by atomic mass is 16.3. The van der Waals surface area contributed by atoms with E-state index in [-0.39, 0.29) is 11.3 Å². The molecule has 0 aliphatic rings. The molecular weight excluding hydrogens is 217 g/mol. The maximum Gasteiger partial charge on any atom is 0.273 e. The van der Waals surface area contributed by atoms with E-state index in [1.54, 1.807) is 13.1 Å². The lowest BCUT2D eigenvalue weighted by Gasteiger charge is -2.08. The van der Waals surface area contributed by atoms with Crippen molar-refractivity contribution in [1.29, 1.82) is 0 Å². The molecule has 0 aliphatic heterocycles. The van der Waals surface area contributed by atoms with Gasteiger partial charge in [-0.05, 0) is 24.4 Å². The van der Waals surface area contributed by atoms with Gasteiger partial charge in [0.2, 0.25) is 0 Å². The molecule has 84 valence electrons. The first kappa shape index (κ1) is 11.3. The third-order valence-corrected chi connectivity index (χ3v) is 2.22. The summed E-state index contributed by atoms with van der Waals surface area (Å²) in [6, 6.07) is 4.58. The topological polar surface area (TPSA) is 67.2 Å². The normalized spacial score (nSPS) is 10.2. The van der Waals surface area contributed by atoms with Gasteiger partial charge < -0.3 is 15.0 Å². The summed E-state index contributed by atoms with van der Waals surface area (Å²) in [6.07, 6.45) is 2.83. The van der Waals surface area contributed by atoms with Crippen LogP contribution in [0.5, 0.6) is 5.75 Å². The van der Waals surface area contributed by atoms with Crippen LogP contribution >= 0.6 is 0 Å². The molecule has 2 heterocycles. The number of nitrogens with zero attached hydrogens (tertiary/aromatic N) is 2. The Balaban J connectivity index is 2.36. The predicted molar refractivity (Wildman–Crippen MR) is 66.3 cm³/mol. The van der Waals surface area contributed by atoms with E-state index in [4.69, 9.17) is 13.0 Å². The average Bonchev–Trinajstić information content (AvgIpc) is 2.28. The number of anilines is 2. The van der Waals surface area contributed by atoms with E-state index in [0.29, 0.717) is 17.0 Å². The summed E-state index contributed by atoms with van der Waals surface area (Å²) in [5.41, 5.74) is 0.619. The van der Waals surface area contributed by atoms with Crippen molar-refractivity contribution in [2.45, 2.75) is 0 Å². The molecular formula is C11H10BN3O2. The number of hydrogen-bond donors (Lipinski definition) is 2. The molecule has 0 amide bonds. The van der Waals surface area contributed by atoms with Crippen LogP contribution in [0.2, 0.25) is 0 Å². The molecule has 0 unspecified atom stereocenters. The zero-order chi connectivity index (χ0) is 12.4. The summed E-state index contributed by atoms with van der Waals surface area (Å²) in [7, 11) is 7.27. The van der Waals surface area contributed by atoms with Gasteiger partial charge in [0.15, 0.2) is 0 Å². The molecule has 6 heteroatoms. The van der Waals surface area contributed by atoms with Gasteiger partial charge in [0.1, 0.15) is 25.1 Å². The third-order valence-electron chi connectivity index (χ3n) is 2.22. The van der Waals surface area contributed by atoms with E-state index >= 15 is 0 Å². The second-order valence-corrected chi connectivity index (χ2v) is 3.63.